The number of halogens is 1. The molecule has 1 aliphatic rings. The molecule has 1 aromatic heterocycles. The van der Waals surface area contributed by atoms with Crippen LogP contribution in [-0.2, 0) is 9.53 Å². The Morgan fingerprint density at radius 2 is 2.04 bits per heavy atom. The van der Waals surface area contributed by atoms with Gasteiger partial charge in [-0.3, -0.25) is 4.79 Å². The number of nitrogens with one attached hydrogen (secondary N) is 1. The Kier molecular flexibility index (Phi) is 11.8. The van der Waals surface area contributed by atoms with Crippen LogP contribution in [-0.4, -0.2) is 93.2 Å². The number of carbonyl (C=O) groups is 1. The number of pyridine rings is 1. The van der Waals surface area contributed by atoms with E-state index in [4.69, 9.17) is 4.74 Å². The molecule has 1 saturated heterocycles. The molecular weight excluding hydrogens is 471 g/mol. The number of aliphatic imine (C=N–C) groups is 1. The van der Waals surface area contributed by atoms with Crippen LogP contribution in [0.1, 0.15) is 13.3 Å². The second kappa shape index (κ2) is 13.5. The summed E-state index contributed by atoms with van der Waals surface area (Å²) in [7, 11) is 3.50. The first-order chi connectivity index (χ1) is 13.1. The maximum absolute atomic E-state index is 11.9. The molecule has 0 aliphatic carbocycles. The molecule has 1 aliphatic heterocycles. The predicted molar refractivity (Wildman–Crippen MR) is 124 cm³/mol. The van der Waals surface area contributed by atoms with E-state index < -0.39 is 0 Å². The first-order valence-electron chi connectivity index (χ1n) is 9.59. The van der Waals surface area contributed by atoms with E-state index in [1.165, 1.54) is 0 Å². The second-order valence-corrected chi connectivity index (χ2v) is 6.57. The fourth-order valence-corrected chi connectivity index (χ4v) is 2.76. The molecule has 0 spiro atoms. The monoisotopic (exact) mass is 504 g/mol. The van der Waals surface area contributed by atoms with Crippen molar-refractivity contribution in [2.75, 3.05) is 71.5 Å². The van der Waals surface area contributed by atoms with Gasteiger partial charge >= 0.3 is 0 Å². The molecule has 0 radical (unpaired) electrons. The number of carbonyl (C=O) groups excluding carboxylic acids is 1. The second-order valence-electron chi connectivity index (χ2n) is 6.57. The van der Waals surface area contributed by atoms with Gasteiger partial charge in [-0.1, -0.05) is 6.07 Å². The van der Waals surface area contributed by atoms with E-state index in [-0.39, 0.29) is 36.4 Å². The topological polar surface area (TPSA) is 73.3 Å². The minimum absolute atomic E-state index is 0. The molecule has 0 atom stereocenters. The molecule has 1 aromatic rings. The molecule has 158 valence electrons. The first kappa shape index (κ1) is 24.4. The van der Waals surface area contributed by atoms with Crippen molar-refractivity contribution < 1.29 is 9.53 Å². The number of likely N-dealkylation sites (N-methyl/N-ethyl adjacent to an activating group) is 1. The van der Waals surface area contributed by atoms with E-state index in [2.05, 4.69) is 25.1 Å². The van der Waals surface area contributed by atoms with Gasteiger partial charge in [-0.05, 0) is 25.5 Å². The van der Waals surface area contributed by atoms with Crippen molar-refractivity contribution in [1.82, 2.24) is 20.1 Å². The lowest BCUT2D eigenvalue weighted by Gasteiger charge is -2.37. The van der Waals surface area contributed by atoms with Crippen LogP contribution in [0.3, 0.4) is 0 Å². The number of rotatable bonds is 8. The molecule has 0 saturated carbocycles. The summed E-state index contributed by atoms with van der Waals surface area (Å²) in [6, 6.07) is 5.97. The van der Waals surface area contributed by atoms with Crippen LogP contribution in [0.15, 0.2) is 29.4 Å². The number of piperazine rings is 1. The summed E-state index contributed by atoms with van der Waals surface area (Å²) in [6.07, 6.45) is 2.73. The number of aromatic nitrogens is 1. The van der Waals surface area contributed by atoms with E-state index in [0.717, 1.165) is 64.1 Å². The van der Waals surface area contributed by atoms with Crippen molar-refractivity contribution in [3.63, 3.8) is 0 Å². The van der Waals surface area contributed by atoms with E-state index in [1.807, 2.05) is 31.3 Å². The first-order valence-corrected chi connectivity index (χ1v) is 9.59. The molecule has 2 rings (SSSR count). The largest absolute Gasteiger partial charge is 0.382 e. The summed E-state index contributed by atoms with van der Waals surface area (Å²) in [5.41, 5.74) is 0. The van der Waals surface area contributed by atoms with Crippen molar-refractivity contribution >= 4 is 41.7 Å². The molecular formula is C19H33IN6O2. The van der Waals surface area contributed by atoms with Gasteiger partial charge in [0, 0.05) is 66.2 Å². The summed E-state index contributed by atoms with van der Waals surface area (Å²) in [5, 5.41) is 3.39. The van der Waals surface area contributed by atoms with E-state index in [9.17, 15) is 4.79 Å². The lowest BCUT2D eigenvalue weighted by molar-refractivity contribution is -0.127. The van der Waals surface area contributed by atoms with Gasteiger partial charge in [0.25, 0.3) is 0 Å². The third-order valence-corrected chi connectivity index (χ3v) is 4.37. The third kappa shape index (κ3) is 8.17. The Balaban J connectivity index is 0.00000392. The van der Waals surface area contributed by atoms with E-state index in [0.29, 0.717) is 0 Å². The van der Waals surface area contributed by atoms with Crippen molar-refractivity contribution in [2.24, 2.45) is 4.99 Å². The van der Waals surface area contributed by atoms with Crippen LogP contribution in [0.4, 0.5) is 5.82 Å². The zero-order valence-electron chi connectivity index (χ0n) is 17.1. The number of amides is 1. The van der Waals surface area contributed by atoms with Crippen molar-refractivity contribution in [2.45, 2.75) is 13.3 Å². The molecule has 0 bridgehead atoms. The standard InChI is InChI=1S/C19H32N6O2.HI/c1-4-27-15-7-10-21-19(22-16-18(26)23(2)3)25-13-11-24(12-14-25)17-8-5-6-9-20-17;/h5-6,8-9H,4,7,10-16H2,1-3H3,(H,21,22);1H. The SMILES string of the molecule is CCOCCCNC(=NCC(=O)N(C)C)N1CCN(c2ccccn2)CC1.I. The highest BCUT2D eigenvalue weighted by Crippen LogP contribution is 2.12. The Morgan fingerprint density at radius 3 is 2.64 bits per heavy atom. The lowest BCUT2D eigenvalue weighted by Crippen LogP contribution is -2.53. The van der Waals surface area contributed by atoms with E-state index in [1.54, 1.807) is 19.0 Å². The average molecular weight is 504 g/mol. The third-order valence-electron chi connectivity index (χ3n) is 4.37. The Hall–Kier alpha value is -1.62. The molecule has 0 unspecified atom stereocenters. The Morgan fingerprint density at radius 1 is 1.29 bits per heavy atom. The molecule has 9 heteroatoms. The highest BCUT2D eigenvalue weighted by molar-refractivity contribution is 14.0. The fraction of sp³-hybridized carbons (Fsp3) is 0.632. The number of hydrogen-bond donors (Lipinski definition) is 1. The van der Waals surface area contributed by atoms with Gasteiger partial charge in [-0.2, -0.15) is 0 Å². The summed E-state index contributed by atoms with van der Waals surface area (Å²) in [5.74, 6) is 1.79. The molecule has 8 nitrogen and oxygen atoms in total. The van der Waals surface area contributed by atoms with Gasteiger partial charge < -0.3 is 24.8 Å². The van der Waals surface area contributed by atoms with Crippen LogP contribution in [0.2, 0.25) is 0 Å². The molecule has 1 amide bonds. The normalized spacial score (nSPS) is 14.5. The maximum Gasteiger partial charge on any atom is 0.243 e. The Labute approximate surface area is 185 Å². The van der Waals surface area contributed by atoms with Gasteiger partial charge in [0.2, 0.25) is 5.91 Å². The van der Waals surface area contributed by atoms with Gasteiger partial charge in [0.15, 0.2) is 5.96 Å². The predicted octanol–water partition coefficient (Wildman–Crippen LogP) is 1.28. The lowest BCUT2D eigenvalue weighted by atomic mass is 10.3. The number of anilines is 1. The molecule has 0 aromatic carbocycles. The number of hydrogen-bond acceptors (Lipinski definition) is 5. The average Bonchev–Trinajstić information content (AvgIpc) is 2.70. The highest BCUT2D eigenvalue weighted by Gasteiger charge is 2.20. The number of nitrogens with zero attached hydrogens (tertiary/aromatic N) is 5. The van der Waals surface area contributed by atoms with Gasteiger partial charge in [-0.25, -0.2) is 9.98 Å². The van der Waals surface area contributed by atoms with Gasteiger partial charge in [0.1, 0.15) is 12.4 Å². The quantitative estimate of drug-likeness (QED) is 0.249. The van der Waals surface area contributed by atoms with E-state index >= 15 is 0 Å². The highest BCUT2D eigenvalue weighted by atomic mass is 127. The molecule has 1 N–H and O–H groups in total. The van der Waals surface area contributed by atoms with Crippen LogP contribution < -0.4 is 10.2 Å². The molecule has 28 heavy (non-hydrogen) atoms. The maximum atomic E-state index is 11.9. The van der Waals surface area contributed by atoms with Crippen LogP contribution >= 0.6 is 24.0 Å². The fourth-order valence-electron chi connectivity index (χ4n) is 2.76. The zero-order chi connectivity index (χ0) is 19.5. The minimum atomic E-state index is -0.00395. The zero-order valence-corrected chi connectivity index (χ0v) is 19.5. The molecule has 2 heterocycles. The summed E-state index contributed by atoms with van der Waals surface area (Å²) >= 11 is 0. The number of ether oxygens (including phenoxy) is 1. The molecule has 1 fully saturated rings. The smallest absolute Gasteiger partial charge is 0.243 e. The van der Waals surface area contributed by atoms with Crippen LogP contribution in [0.25, 0.3) is 0 Å². The van der Waals surface area contributed by atoms with Crippen molar-refractivity contribution in [3.05, 3.63) is 24.4 Å². The Bertz CT molecular complexity index is 591. The summed E-state index contributed by atoms with van der Waals surface area (Å²) < 4.78 is 5.39. The summed E-state index contributed by atoms with van der Waals surface area (Å²) in [4.78, 5) is 26.9. The van der Waals surface area contributed by atoms with Crippen LogP contribution in [0, 0.1) is 0 Å². The summed E-state index contributed by atoms with van der Waals surface area (Å²) in [6.45, 7) is 7.80. The minimum Gasteiger partial charge on any atom is -0.382 e. The van der Waals surface area contributed by atoms with Crippen LogP contribution in [0.5, 0.6) is 0 Å². The van der Waals surface area contributed by atoms with Gasteiger partial charge in [0.05, 0.1) is 0 Å². The van der Waals surface area contributed by atoms with Crippen molar-refractivity contribution in [3.8, 4) is 0 Å². The number of guanidine groups is 1. The van der Waals surface area contributed by atoms with Gasteiger partial charge in [-0.15, -0.1) is 24.0 Å². The van der Waals surface area contributed by atoms with Crippen molar-refractivity contribution in [1.29, 1.82) is 0 Å².